The van der Waals surface area contributed by atoms with Crippen molar-refractivity contribution in [1.29, 1.82) is 0 Å². The van der Waals surface area contributed by atoms with Crippen LogP contribution >= 0.6 is 0 Å². The van der Waals surface area contributed by atoms with Gasteiger partial charge in [0.05, 0.1) is 26.2 Å². The van der Waals surface area contributed by atoms with Gasteiger partial charge in [0, 0.05) is 55.5 Å². The van der Waals surface area contributed by atoms with Crippen molar-refractivity contribution < 1.29 is 29.2 Å². The van der Waals surface area contributed by atoms with Crippen LogP contribution in [-0.4, -0.2) is 80.9 Å². The highest BCUT2D eigenvalue weighted by Crippen LogP contribution is 2.41. The summed E-state index contributed by atoms with van der Waals surface area (Å²) in [6.45, 7) is 11.3. The second kappa shape index (κ2) is 16.6. The first kappa shape index (κ1) is 36.4. The number of hydrogen-bond acceptors (Lipinski definition) is 10. The molecule has 2 aliphatic carbocycles. The number of nitrogens with one attached hydrogen (secondary N) is 1. The first-order chi connectivity index (χ1) is 22.4. The van der Waals surface area contributed by atoms with Crippen molar-refractivity contribution in [2.24, 2.45) is 11.8 Å². The van der Waals surface area contributed by atoms with E-state index in [2.05, 4.69) is 45.9 Å². The number of esters is 1. The third-order valence-corrected chi connectivity index (χ3v) is 9.23. The van der Waals surface area contributed by atoms with E-state index in [0.717, 1.165) is 46.9 Å². The van der Waals surface area contributed by atoms with Crippen LogP contribution in [0.3, 0.4) is 0 Å². The Balaban J connectivity index is 0.000000930. The van der Waals surface area contributed by atoms with E-state index >= 15 is 0 Å². The van der Waals surface area contributed by atoms with Crippen molar-refractivity contribution in [1.82, 2.24) is 19.4 Å². The number of anilines is 1. The average Bonchev–Trinajstić information content (AvgIpc) is 3.65. The fraction of sp³-hybridized carbons (Fsp3) is 0.639. The van der Waals surface area contributed by atoms with Crippen LogP contribution in [0.15, 0.2) is 36.8 Å². The summed E-state index contributed by atoms with van der Waals surface area (Å²) < 4.78 is 18.4. The van der Waals surface area contributed by atoms with Gasteiger partial charge in [-0.05, 0) is 103 Å². The van der Waals surface area contributed by atoms with E-state index in [1.807, 2.05) is 25.1 Å². The van der Waals surface area contributed by atoms with Crippen LogP contribution in [0.4, 0.5) is 5.82 Å². The summed E-state index contributed by atoms with van der Waals surface area (Å²) in [5, 5.41) is 20.7. The predicted molar refractivity (Wildman–Crippen MR) is 184 cm³/mol. The molecule has 2 unspecified atom stereocenters. The minimum atomic E-state index is -1.50. The number of ether oxygens (including phenoxy) is 3. The van der Waals surface area contributed by atoms with Gasteiger partial charge >= 0.3 is 5.97 Å². The maximum Gasteiger partial charge on any atom is 0.305 e. The molecule has 0 saturated heterocycles. The number of rotatable bonds is 14. The lowest BCUT2D eigenvalue weighted by Gasteiger charge is -2.46. The van der Waals surface area contributed by atoms with E-state index in [1.165, 1.54) is 46.0 Å². The third kappa shape index (κ3) is 10.3. The fourth-order valence-corrected chi connectivity index (χ4v) is 6.89. The van der Waals surface area contributed by atoms with Crippen LogP contribution < -0.4 is 14.8 Å². The number of benzene rings is 1. The molecular formula is C36H55N5O6. The summed E-state index contributed by atoms with van der Waals surface area (Å²) in [6, 6.07) is 9.60. The van der Waals surface area contributed by atoms with Crippen LogP contribution in [0.5, 0.6) is 11.5 Å². The Labute approximate surface area is 279 Å². The largest absolute Gasteiger partial charge is 0.497 e. The molecule has 2 atom stereocenters. The summed E-state index contributed by atoms with van der Waals surface area (Å²) in [4.78, 5) is 23.7. The van der Waals surface area contributed by atoms with Crippen LogP contribution in [0.25, 0.3) is 11.0 Å². The monoisotopic (exact) mass is 653 g/mol. The topological polar surface area (TPSA) is 131 Å². The lowest BCUT2D eigenvalue weighted by atomic mass is 9.76. The molecule has 5 rings (SSSR count). The van der Waals surface area contributed by atoms with Crippen molar-refractivity contribution in [2.75, 3.05) is 32.7 Å². The number of aromatic nitrogens is 3. The number of carbonyl (C=O) groups is 1. The molecule has 3 aromatic rings. The molecular weight excluding hydrogens is 598 g/mol. The summed E-state index contributed by atoms with van der Waals surface area (Å²) >= 11 is 0. The Bertz CT molecular complexity index is 1420. The van der Waals surface area contributed by atoms with Gasteiger partial charge in [0.25, 0.3) is 0 Å². The molecule has 2 saturated carbocycles. The number of nitrogens with zero attached hydrogens (tertiary/aromatic N) is 4. The standard InChI is InChI=1S/C33H47N5O4.C3H8O2/c1-6-42-31(39)12-8-23-15-27(16-23)38(22(2)3)20-24-7-10-26(17-24)37-14-13-29-32(35-21-36-33(29)37)34-19-25-9-11-28(40-4)18-30(25)41-5;1-3(2,4)5/h9,11,13-14,18,21-24,26-27H,6-8,10,12,15-17,19-20H2,1-5H3,(H,34,35,36);4-5H,1-2H3. The van der Waals surface area contributed by atoms with Crippen LogP contribution in [0.2, 0.25) is 0 Å². The van der Waals surface area contributed by atoms with Gasteiger partial charge in [0.15, 0.2) is 5.79 Å². The zero-order valence-electron chi connectivity index (χ0n) is 29.2. The first-order valence-electron chi connectivity index (χ1n) is 17.0. The highest BCUT2D eigenvalue weighted by atomic mass is 16.5. The highest BCUT2D eigenvalue weighted by Gasteiger charge is 2.37. The molecule has 0 bridgehead atoms. The van der Waals surface area contributed by atoms with E-state index in [-0.39, 0.29) is 5.97 Å². The molecule has 11 heteroatoms. The van der Waals surface area contributed by atoms with Crippen LogP contribution in [-0.2, 0) is 16.1 Å². The molecule has 1 aromatic carbocycles. The summed E-state index contributed by atoms with van der Waals surface area (Å²) in [7, 11) is 3.33. The van der Waals surface area contributed by atoms with Crippen molar-refractivity contribution in [3.05, 3.63) is 42.4 Å². The molecule has 3 N–H and O–H groups in total. The minimum Gasteiger partial charge on any atom is -0.497 e. The zero-order valence-corrected chi connectivity index (χ0v) is 29.2. The second-order valence-corrected chi connectivity index (χ2v) is 13.7. The van der Waals surface area contributed by atoms with Crippen molar-refractivity contribution in [3.8, 4) is 11.5 Å². The maximum atomic E-state index is 11.8. The fourth-order valence-electron chi connectivity index (χ4n) is 6.89. The molecule has 2 aliphatic rings. The van der Waals surface area contributed by atoms with E-state index < -0.39 is 5.79 Å². The zero-order chi connectivity index (χ0) is 34.1. The smallest absolute Gasteiger partial charge is 0.305 e. The van der Waals surface area contributed by atoms with Crippen LogP contribution in [0, 0.1) is 11.8 Å². The van der Waals surface area contributed by atoms with Gasteiger partial charge in [-0.25, -0.2) is 9.97 Å². The quantitative estimate of drug-likeness (QED) is 0.142. The second-order valence-electron chi connectivity index (χ2n) is 13.7. The number of hydrogen-bond donors (Lipinski definition) is 3. The number of methoxy groups -OCH3 is 2. The Morgan fingerprint density at radius 1 is 1.09 bits per heavy atom. The van der Waals surface area contributed by atoms with Gasteiger partial charge in [-0.3, -0.25) is 9.69 Å². The maximum absolute atomic E-state index is 11.8. The van der Waals surface area contributed by atoms with Gasteiger partial charge in [0.1, 0.15) is 29.3 Å². The van der Waals surface area contributed by atoms with E-state index in [4.69, 9.17) is 29.4 Å². The van der Waals surface area contributed by atoms with Crippen molar-refractivity contribution in [3.63, 3.8) is 0 Å². The van der Waals surface area contributed by atoms with Gasteiger partial charge in [0.2, 0.25) is 0 Å². The first-order valence-corrected chi connectivity index (χ1v) is 17.0. The van der Waals surface area contributed by atoms with Gasteiger partial charge in [-0.15, -0.1) is 0 Å². The van der Waals surface area contributed by atoms with E-state index in [9.17, 15) is 4.79 Å². The van der Waals surface area contributed by atoms with Gasteiger partial charge in [-0.2, -0.15) is 0 Å². The molecule has 0 amide bonds. The molecule has 0 spiro atoms. The summed E-state index contributed by atoms with van der Waals surface area (Å²) in [5.41, 5.74) is 2.03. The van der Waals surface area contributed by atoms with E-state index in [1.54, 1.807) is 20.5 Å². The minimum absolute atomic E-state index is 0.0538. The molecule has 0 aliphatic heterocycles. The lowest BCUT2D eigenvalue weighted by molar-refractivity contribution is -0.143. The molecule has 11 nitrogen and oxygen atoms in total. The normalized spacial score (nSPS) is 20.9. The van der Waals surface area contributed by atoms with Gasteiger partial charge in [-0.1, -0.05) is 0 Å². The number of fused-ring (bicyclic) bond motifs is 1. The summed E-state index contributed by atoms with van der Waals surface area (Å²) in [5.74, 6) is 2.16. The SMILES string of the molecule is CC(C)(O)O.CCOC(=O)CCC1CC(N(CC2CCC(n3ccc4c(NCc5ccc(OC)cc5OC)ncnc43)C2)C(C)C)C1. The Morgan fingerprint density at radius 2 is 1.83 bits per heavy atom. The molecule has 260 valence electrons. The van der Waals surface area contributed by atoms with Crippen molar-refractivity contribution >= 4 is 22.8 Å². The third-order valence-electron chi connectivity index (χ3n) is 9.23. The summed E-state index contributed by atoms with van der Waals surface area (Å²) in [6.07, 6.45) is 11.3. The molecule has 2 aromatic heterocycles. The number of aliphatic hydroxyl groups is 2. The van der Waals surface area contributed by atoms with Crippen LogP contribution in [0.1, 0.15) is 91.2 Å². The molecule has 2 heterocycles. The predicted octanol–water partition coefficient (Wildman–Crippen LogP) is 5.94. The Hall–Kier alpha value is -3.41. The average molecular weight is 654 g/mol. The highest BCUT2D eigenvalue weighted by molar-refractivity contribution is 5.87. The van der Waals surface area contributed by atoms with Gasteiger partial charge < -0.3 is 34.3 Å². The Kier molecular flexibility index (Phi) is 12.9. The number of carbonyl (C=O) groups excluding carboxylic acids is 1. The van der Waals surface area contributed by atoms with Crippen molar-refractivity contribution in [2.45, 2.75) is 110 Å². The lowest BCUT2D eigenvalue weighted by Crippen LogP contribution is -2.49. The molecule has 0 radical (unpaired) electrons. The Morgan fingerprint density at radius 3 is 2.49 bits per heavy atom. The molecule has 47 heavy (non-hydrogen) atoms. The molecule has 2 fully saturated rings. The van der Waals surface area contributed by atoms with E-state index in [0.29, 0.717) is 49.5 Å².